The summed E-state index contributed by atoms with van der Waals surface area (Å²) in [5, 5.41) is 3.19. The molecule has 3 rings (SSSR count). The van der Waals surface area contributed by atoms with Gasteiger partial charge < -0.3 is 5.32 Å². The van der Waals surface area contributed by atoms with Gasteiger partial charge in [-0.2, -0.15) is 4.57 Å². The number of aryl methyl sites for hydroxylation is 2. The highest BCUT2D eigenvalue weighted by molar-refractivity contribution is 5.75. The summed E-state index contributed by atoms with van der Waals surface area (Å²) >= 11 is 0. The van der Waals surface area contributed by atoms with E-state index in [1.807, 2.05) is 35.9 Å². The number of aromatic nitrogens is 1. The number of pyridine rings is 1. The SMILES string of the molecule is Cc1cccc[n+]1CC(=O)N[C@@H]1CCCc2ccccc21. The maximum absolute atomic E-state index is 12.3. The smallest absolute Gasteiger partial charge is 0.286 e. The standard InChI is InChI=1S/C18H20N2O/c1-14-7-4-5-12-20(14)13-18(21)19-17-11-6-9-15-8-2-3-10-16(15)17/h2-5,7-8,10,12,17H,6,9,11,13H2,1H3/p+1/t17-/m1/s1. The Morgan fingerprint density at radius 3 is 2.90 bits per heavy atom. The van der Waals surface area contributed by atoms with Crippen LogP contribution >= 0.6 is 0 Å². The molecule has 1 N–H and O–H groups in total. The minimum atomic E-state index is 0.0796. The van der Waals surface area contributed by atoms with Crippen molar-refractivity contribution in [3.05, 3.63) is 65.5 Å². The third-order valence-corrected chi connectivity index (χ3v) is 4.19. The zero-order valence-corrected chi connectivity index (χ0v) is 12.4. The molecule has 0 fully saturated rings. The lowest BCUT2D eigenvalue weighted by atomic mass is 9.88. The minimum absolute atomic E-state index is 0.0796. The molecule has 0 saturated heterocycles. The fourth-order valence-corrected chi connectivity index (χ4v) is 3.04. The van der Waals surface area contributed by atoms with E-state index in [2.05, 4.69) is 29.6 Å². The summed E-state index contributed by atoms with van der Waals surface area (Å²) in [7, 11) is 0. The molecule has 1 amide bonds. The first kappa shape index (κ1) is 13.8. The predicted octanol–water partition coefficient (Wildman–Crippen LogP) is 2.48. The maximum atomic E-state index is 12.3. The Balaban J connectivity index is 1.70. The van der Waals surface area contributed by atoms with Crippen molar-refractivity contribution in [2.24, 2.45) is 0 Å². The molecule has 21 heavy (non-hydrogen) atoms. The number of hydrogen-bond donors (Lipinski definition) is 1. The topological polar surface area (TPSA) is 33.0 Å². The third-order valence-electron chi connectivity index (χ3n) is 4.19. The normalized spacial score (nSPS) is 17.1. The van der Waals surface area contributed by atoms with Crippen molar-refractivity contribution in [2.75, 3.05) is 0 Å². The molecule has 1 aliphatic rings. The zero-order valence-electron chi connectivity index (χ0n) is 12.4. The van der Waals surface area contributed by atoms with Crippen molar-refractivity contribution in [3.8, 4) is 0 Å². The number of amides is 1. The van der Waals surface area contributed by atoms with Crippen LogP contribution in [-0.4, -0.2) is 5.91 Å². The molecule has 1 atom stereocenters. The lowest BCUT2D eigenvalue weighted by Gasteiger charge is -2.25. The van der Waals surface area contributed by atoms with Crippen molar-refractivity contribution in [3.63, 3.8) is 0 Å². The Morgan fingerprint density at radius 1 is 1.24 bits per heavy atom. The quantitative estimate of drug-likeness (QED) is 0.861. The number of carbonyl (C=O) groups is 1. The number of nitrogens with one attached hydrogen (secondary N) is 1. The lowest BCUT2D eigenvalue weighted by molar-refractivity contribution is -0.690. The number of hydrogen-bond acceptors (Lipinski definition) is 1. The van der Waals surface area contributed by atoms with E-state index in [9.17, 15) is 4.79 Å². The number of benzene rings is 1. The molecule has 2 aromatic rings. The average molecular weight is 281 g/mol. The molecule has 0 spiro atoms. The van der Waals surface area contributed by atoms with Gasteiger partial charge in [0.15, 0.2) is 11.9 Å². The summed E-state index contributed by atoms with van der Waals surface area (Å²) in [5.41, 5.74) is 3.75. The Hall–Kier alpha value is -2.16. The Morgan fingerprint density at radius 2 is 2.05 bits per heavy atom. The van der Waals surface area contributed by atoms with E-state index in [4.69, 9.17) is 0 Å². The van der Waals surface area contributed by atoms with Crippen LogP contribution in [0.3, 0.4) is 0 Å². The van der Waals surface area contributed by atoms with Crippen LogP contribution in [0.25, 0.3) is 0 Å². The van der Waals surface area contributed by atoms with E-state index in [1.54, 1.807) is 0 Å². The second kappa shape index (κ2) is 6.08. The summed E-state index contributed by atoms with van der Waals surface area (Å²) in [4.78, 5) is 12.3. The van der Waals surface area contributed by atoms with Crippen LogP contribution in [0.2, 0.25) is 0 Å². The summed E-state index contributed by atoms with van der Waals surface area (Å²) < 4.78 is 1.98. The molecule has 1 aromatic heterocycles. The highest BCUT2D eigenvalue weighted by atomic mass is 16.2. The van der Waals surface area contributed by atoms with Gasteiger partial charge in [-0.3, -0.25) is 4.79 Å². The van der Waals surface area contributed by atoms with Gasteiger partial charge in [-0.1, -0.05) is 30.3 Å². The summed E-state index contributed by atoms with van der Waals surface area (Å²) in [6, 6.07) is 14.6. The van der Waals surface area contributed by atoms with Crippen LogP contribution in [-0.2, 0) is 17.8 Å². The first-order valence-corrected chi connectivity index (χ1v) is 7.56. The molecular weight excluding hydrogens is 260 g/mol. The van der Waals surface area contributed by atoms with Crippen molar-refractivity contribution in [2.45, 2.75) is 38.8 Å². The van der Waals surface area contributed by atoms with Gasteiger partial charge >= 0.3 is 0 Å². The van der Waals surface area contributed by atoms with Gasteiger partial charge in [0.1, 0.15) is 0 Å². The van der Waals surface area contributed by atoms with Gasteiger partial charge in [0, 0.05) is 19.1 Å². The maximum Gasteiger partial charge on any atom is 0.286 e. The largest absolute Gasteiger partial charge is 0.344 e. The number of nitrogens with zero attached hydrogens (tertiary/aromatic N) is 1. The molecule has 108 valence electrons. The van der Waals surface area contributed by atoms with Crippen LogP contribution in [0.4, 0.5) is 0 Å². The molecule has 3 heteroatoms. The Labute approximate surface area is 125 Å². The van der Waals surface area contributed by atoms with Gasteiger partial charge in [0.05, 0.1) is 6.04 Å². The zero-order chi connectivity index (χ0) is 14.7. The van der Waals surface area contributed by atoms with Gasteiger partial charge in [0.2, 0.25) is 6.54 Å². The van der Waals surface area contributed by atoms with E-state index >= 15 is 0 Å². The van der Waals surface area contributed by atoms with Crippen molar-refractivity contribution < 1.29 is 9.36 Å². The van der Waals surface area contributed by atoms with Crippen molar-refractivity contribution in [1.82, 2.24) is 5.32 Å². The summed E-state index contributed by atoms with van der Waals surface area (Å²) in [5.74, 6) is 0.0796. The van der Waals surface area contributed by atoms with Crippen LogP contribution in [0.5, 0.6) is 0 Å². The number of fused-ring (bicyclic) bond motifs is 1. The first-order valence-electron chi connectivity index (χ1n) is 7.56. The minimum Gasteiger partial charge on any atom is -0.344 e. The van der Waals surface area contributed by atoms with E-state index in [-0.39, 0.29) is 11.9 Å². The van der Waals surface area contributed by atoms with E-state index in [0.717, 1.165) is 25.0 Å². The van der Waals surface area contributed by atoms with E-state index in [0.29, 0.717) is 6.54 Å². The van der Waals surface area contributed by atoms with Gasteiger partial charge in [-0.25, -0.2) is 0 Å². The Bertz CT molecular complexity index is 651. The summed E-state index contributed by atoms with van der Waals surface area (Å²) in [6.07, 6.45) is 5.24. The highest BCUT2D eigenvalue weighted by Gasteiger charge is 2.22. The monoisotopic (exact) mass is 281 g/mol. The van der Waals surface area contributed by atoms with E-state index < -0.39 is 0 Å². The fraction of sp³-hybridized carbons (Fsp3) is 0.333. The fourth-order valence-electron chi connectivity index (χ4n) is 3.04. The third kappa shape index (κ3) is 3.13. The van der Waals surface area contributed by atoms with Crippen LogP contribution in [0.15, 0.2) is 48.7 Å². The van der Waals surface area contributed by atoms with Crippen molar-refractivity contribution in [1.29, 1.82) is 0 Å². The first-order chi connectivity index (χ1) is 10.2. The average Bonchev–Trinajstić information content (AvgIpc) is 2.50. The molecule has 0 aliphatic heterocycles. The molecule has 0 saturated carbocycles. The van der Waals surface area contributed by atoms with Gasteiger partial charge in [-0.05, 0) is 30.4 Å². The van der Waals surface area contributed by atoms with E-state index in [1.165, 1.54) is 11.1 Å². The Kier molecular flexibility index (Phi) is 4.00. The molecule has 1 aromatic carbocycles. The van der Waals surface area contributed by atoms with Gasteiger partial charge in [-0.15, -0.1) is 0 Å². The number of carbonyl (C=O) groups excluding carboxylic acids is 1. The molecule has 0 unspecified atom stereocenters. The summed E-state index contributed by atoms with van der Waals surface area (Å²) in [6.45, 7) is 2.40. The molecule has 3 nitrogen and oxygen atoms in total. The van der Waals surface area contributed by atoms with Crippen molar-refractivity contribution >= 4 is 5.91 Å². The van der Waals surface area contributed by atoms with Crippen LogP contribution in [0.1, 0.15) is 35.7 Å². The lowest BCUT2D eigenvalue weighted by Crippen LogP contribution is -2.45. The second-order valence-electron chi connectivity index (χ2n) is 5.68. The molecule has 1 aliphatic carbocycles. The number of rotatable bonds is 3. The molecule has 1 heterocycles. The highest BCUT2D eigenvalue weighted by Crippen LogP contribution is 2.29. The van der Waals surface area contributed by atoms with Crippen LogP contribution < -0.4 is 9.88 Å². The second-order valence-corrected chi connectivity index (χ2v) is 5.68. The molecular formula is C18H21N2O+. The predicted molar refractivity (Wildman–Crippen MR) is 81.6 cm³/mol. The molecule has 0 radical (unpaired) electrons. The van der Waals surface area contributed by atoms with Gasteiger partial charge in [0.25, 0.3) is 5.91 Å². The van der Waals surface area contributed by atoms with Crippen LogP contribution in [0, 0.1) is 6.92 Å². The molecule has 0 bridgehead atoms.